The van der Waals surface area contributed by atoms with Crippen LogP contribution in [0.5, 0.6) is 0 Å². The zero-order chi connectivity index (χ0) is 14.0. The van der Waals surface area contributed by atoms with Gasteiger partial charge in [-0.3, -0.25) is 4.79 Å². The number of aromatic carboxylic acids is 1. The molecule has 1 N–H and O–H groups in total. The zero-order valence-corrected chi connectivity index (χ0v) is 10.5. The predicted molar refractivity (Wildman–Crippen MR) is 62.4 cm³/mol. The molecule has 2 rings (SSSR count). The number of furan rings is 2. The van der Waals surface area contributed by atoms with Crippen molar-refractivity contribution in [1.29, 1.82) is 0 Å². The third kappa shape index (κ3) is 2.85. The molecular weight excluding hydrogens is 250 g/mol. The van der Waals surface area contributed by atoms with Gasteiger partial charge < -0.3 is 24.1 Å². The van der Waals surface area contributed by atoms with E-state index in [1.54, 1.807) is 19.9 Å². The van der Waals surface area contributed by atoms with E-state index in [2.05, 4.69) is 5.32 Å². The largest absolute Gasteiger partial charge is 0.545 e. The van der Waals surface area contributed by atoms with Crippen LogP contribution in [0.15, 0.2) is 27.2 Å². The molecule has 2 aromatic rings. The number of amides is 1. The quantitative estimate of drug-likeness (QED) is 0.878. The van der Waals surface area contributed by atoms with Gasteiger partial charge in [-0.25, -0.2) is 0 Å². The van der Waals surface area contributed by atoms with E-state index >= 15 is 0 Å². The Balaban J connectivity index is 2.00. The van der Waals surface area contributed by atoms with Crippen LogP contribution in [-0.4, -0.2) is 11.9 Å². The van der Waals surface area contributed by atoms with Gasteiger partial charge in [0, 0.05) is 5.56 Å². The zero-order valence-electron chi connectivity index (χ0n) is 10.5. The molecule has 100 valence electrons. The predicted octanol–water partition coefficient (Wildman–Crippen LogP) is 0.783. The van der Waals surface area contributed by atoms with Crippen LogP contribution in [-0.2, 0) is 6.54 Å². The molecule has 1 amide bonds. The molecule has 6 heteroatoms. The average Bonchev–Trinajstić information content (AvgIpc) is 2.93. The number of hydrogen-bond acceptors (Lipinski definition) is 5. The maximum atomic E-state index is 11.9. The molecule has 2 heterocycles. The van der Waals surface area contributed by atoms with Gasteiger partial charge >= 0.3 is 0 Å². The van der Waals surface area contributed by atoms with E-state index in [1.807, 2.05) is 0 Å². The highest BCUT2D eigenvalue weighted by atomic mass is 16.4. The van der Waals surface area contributed by atoms with Crippen molar-refractivity contribution in [3.05, 3.63) is 46.8 Å². The fourth-order valence-corrected chi connectivity index (χ4v) is 1.70. The van der Waals surface area contributed by atoms with Gasteiger partial charge in [0.25, 0.3) is 5.91 Å². The number of carboxylic acids is 1. The first-order valence-electron chi connectivity index (χ1n) is 5.61. The first kappa shape index (κ1) is 12.9. The van der Waals surface area contributed by atoms with Crippen LogP contribution < -0.4 is 10.4 Å². The van der Waals surface area contributed by atoms with E-state index in [-0.39, 0.29) is 18.0 Å². The lowest BCUT2D eigenvalue weighted by molar-refractivity contribution is -0.255. The third-order valence-electron chi connectivity index (χ3n) is 2.60. The Bertz CT molecular complexity index is 623. The molecule has 0 saturated carbocycles. The summed E-state index contributed by atoms with van der Waals surface area (Å²) >= 11 is 0. The van der Waals surface area contributed by atoms with E-state index in [0.717, 1.165) is 6.26 Å². The molecule has 0 unspecified atom stereocenters. The molecular formula is C13H12NO5-. The van der Waals surface area contributed by atoms with Crippen LogP contribution in [0, 0.1) is 13.8 Å². The molecule has 0 aliphatic rings. The van der Waals surface area contributed by atoms with Crippen LogP contribution in [0.1, 0.15) is 38.0 Å². The van der Waals surface area contributed by atoms with Crippen LogP contribution in [0.25, 0.3) is 0 Å². The number of rotatable bonds is 4. The third-order valence-corrected chi connectivity index (χ3v) is 2.60. The monoisotopic (exact) mass is 262 g/mol. The normalized spacial score (nSPS) is 10.4. The lowest BCUT2D eigenvalue weighted by Gasteiger charge is -2.01. The molecule has 0 spiro atoms. The summed E-state index contributed by atoms with van der Waals surface area (Å²) in [6.07, 6.45) is 1.07. The van der Waals surface area contributed by atoms with Crippen molar-refractivity contribution in [2.24, 2.45) is 0 Å². The Labute approximate surface area is 109 Å². The number of carbonyl (C=O) groups excluding carboxylic acids is 2. The summed E-state index contributed by atoms with van der Waals surface area (Å²) in [5.74, 6) is -0.0986. The van der Waals surface area contributed by atoms with Gasteiger partial charge in [0.15, 0.2) is 0 Å². The Kier molecular flexibility index (Phi) is 3.41. The van der Waals surface area contributed by atoms with Crippen molar-refractivity contribution >= 4 is 11.9 Å². The summed E-state index contributed by atoms with van der Waals surface area (Å²) < 4.78 is 10.2. The maximum absolute atomic E-state index is 11.9. The number of aryl methyl sites for hydroxylation is 2. The van der Waals surface area contributed by atoms with E-state index < -0.39 is 5.97 Å². The van der Waals surface area contributed by atoms with E-state index in [9.17, 15) is 14.7 Å². The number of carboxylic acid groups (broad SMARTS) is 1. The second kappa shape index (κ2) is 5.01. The summed E-state index contributed by atoms with van der Waals surface area (Å²) in [7, 11) is 0. The van der Waals surface area contributed by atoms with Gasteiger partial charge in [0.05, 0.1) is 24.3 Å². The topological polar surface area (TPSA) is 95.5 Å². The average molecular weight is 262 g/mol. The molecule has 0 aromatic carbocycles. The molecule has 2 aromatic heterocycles. The van der Waals surface area contributed by atoms with Crippen molar-refractivity contribution < 1.29 is 23.5 Å². The number of carbonyl (C=O) groups is 2. The molecule has 0 radical (unpaired) electrons. The molecule has 0 bridgehead atoms. The van der Waals surface area contributed by atoms with Crippen LogP contribution in [0.2, 0.25) is 0 Å². The van der Waals surface area contributed by atoms with E-state index in [0.29, 0.717) is 22.8 Å². The summed E-state index contributed by atoms with van der Waals surface area (Å²) in [4.78, 5) is 22.4. The van der Waals surface area contributed by atoms with Gasteiger partial charge in [-0.05, 0) is 26.0 Å². The Morgan fingerprint density at radius 3 is 2.58 bits per heavy atom. The van der Waals surface area contributed by atoms with E-state index in [4.69, 9.17) is 8.83 Å². The summed E-state index contributed by atoms with van der Waals surface area (Å²) in [5, 5.41) is 13.2. The second-order valence-corrected chi connectivity index (χ2v) is 4.10. The van der Waals surface area contributed by atoms with Crippen LogP contribution in [0.4, 0.5) is 0 Å². The van der Waals surface area contributed by atoms with Gasteiger partial charge in [-0.2, -0.15) is 0 Å². The standard InChI is InChI=1S/C13H13NO5/c1-7-3-11(8(2)19-7)12(15)14-5-10-4-9(6-18-10)13(16)17/h3-4,6H,5H2,1-2H3,(H,14,15)(H,16,17)/p-1. The van der Waals surface area contributed by atoms with Crippen molar-refractivity contribution in [3.8, 4) is 0 Å². The summed E-state index contributed by atoms with van der Waals surface area (Å²) in [6, 6.07) is 2.95. The fraction of sp³-hybridized carbons (Fsp3) is 0.231. The fourth-order valence-electron chi connectivity index (χ4n) is 1.70. The second-order valence-electron chi connectivity index (χ2n) is 4.10. The SMILES string of the molecule is Cc1cc(C(=O)NCc2cc(C(=O)[O-])co2)c(C)o1. The number of hydrogen-bond donors (Lipinski definition) is 1. The maximum Gasteiger partial charge on any atom is 0.255 e. The van der Waals surface area contributed by atoms with E-state index in [1.165, 1.54) is 6.07 Å². The Morgan fingerprint density at radius 2 is 2.05 bits per heavy atom. The highest BCUT2D eigenvalue weighted by Crippen LogP contribution is 2.14. The summed E-state index contributed by atoms with van der Waals surface area (Å²) in [6.45, 7) is 3.54. The minimum Gasteiger partial charge on any atom is -0.545 e. The molecule has 0 fully saturated rings. The first-order valence-corrected chi connectivity index (χ1v) is 5.61. The minimum absolute atomic E-state index is 0.0559. The lowest BCUT2D eigenvalue weighted by atomic mass is 10.2. The smallest absolute Gasteiger partial charge is 0.255 e. The van der Waals surface area contributed by atoms with Crippen molar-refractivity contribution in [2.75, 3.05) is 0 Å². The van der Waals surface area contributed by atoms with Crippen LogP contribution >= 0.6 is 0 Å². The van der Waals surface area contributed by atoms with Gasteiger partial charge in [0.1, 0.15) is 17.3 Å². The van der Waals surface area contributed by atoms with Crippen molar-refractivity contribution in [1.82, 2.24) is 5.32 Å². The highest BCUT2D eigenvalue weighted by Gasteiger charge is 2.13. The summed E-state index contributed by atoms with van der Waals surface area (Å²) in [5.41, 5.74) is 0.392. The van der Waals surface area contributed by atoms with Gasteiger partial charge in [-0.1, -0.05) is 0 Å². The van der Waals surface area contributed by atoms with Crippen molar-refractivity contribution in [3.63, 3.8) is 0 Å². The first-order chi connectivity index (χ1) is 8.97. The molecule has 0 saturated heterocycles. The molecule has 0 atom stereocenters. The molecule has 0 aliphatic carbocycles. The molecule has 0 aliphatic heterocycles. The number of nitrogens with one attached hydrogen (secondary N) is 1. The highest BCUT2D eigenvalue weighted by molar-refractivity contribution is 5.95. The minimum atomic E-state index is -1.32. The van der Waals surface area contributed by atoms with Gasteiger partial charge in [0.2, 0.25) is 0 Å². The van der Waals surface area contributed by atoms with Crippen LogP contribution in [0.3, 0.4) is 0 Å². The Morgan fingerprint density at radius 1 is 1.32 bits per heavy atom. The lowest BCUT2D eigenvalue weighted by Crippen LogP contribution is -2.23. The Hall–Kier alpha value is -2.50. The molecule has 6 nitrogen and oxygen atoms in total. The van der Waals surface area contributed by atoms with Crippen molar-refractivity contribution in [2.45, 2.75) is 20.4 Å². The van der Waals surface area contributed by atoms with Gasteiger partial charge in [-0.15, -0.1) is 0 Å². The molecule has 19 heavy (non-hydrogen) atoms.